The summed E-state index contributed by atoms with van der Waals surface area (Å²) in [5.41, 5.74) is 0.705. The predicted molar refractivity (Wildman–Crippen MR) is 81.8 cm³/mol. The second-order valence-corrected chi connectivity index (χ2v) is 6.56. The molecule has 1 atom stereocenters. The van der Waals surface area contributed by atoms with Crippen molar-refractivity contribution in [3.63, 3.8) is 0 Å². The molecule has 0 amide bonds. The maximum Gasteiger partial charge on any atom is 0.120 e. The lowest BCUT2D eigenvalue weighted by molar-refractivity contribution is 0.224. The molecule has 0 aliphatic carbocycles. The zero-order valence-electron chi connectivity index (χ0n) is 10.1. The first-order chi connectivity index (χ1) is 9.19. The van der Waals surface area contributed by atoms with Crippen LogP contribution in [-0.2, 0) is 0 Å². The van der Waals surface area contributed by atoms with Crippen molar-refractivity contribution in [2.75, 3.05) is 7.11 Å². The molecule has 1 unspecified atom stereocenters. The summed E-state index contributed by atoms with van der Waals surface area (Å²) in [6, 6.07) is 9.42. The highest BCUT2D eigenvalue weighted by Crippen LogP contribution is 2.38. The Labute approximate surface area is 123 Å². The smallest absolute Gasteiger partial charge is 0.120 e. The fraction of sp³-hybridized carbons (Fsp3) is 0.143. The van der Waals surface area contributed by atoms with Gasteiger partial charge in [0.15, 0.2) is 0 Å². The van der Waals surface area contributed by atoms with Crippen LogP contribution in [0.5, 0.6) is 5.75 Å². The molecule has 0 saturated heterocycles. The molecule has 1 N–H and O–H groups in total. The van der Waals surface area contributed by atoms with Gasteiger partial charge in [-0.2, -0.15) is 0 Å². The van der Waals surface area contributed by atoms with Gasteiger partial charge in [0.2, 0.25) is 0 Å². The lowest BCUT2D eigenvalue weighted by atomic mass is 10.1. The van der Waals surface area contributed by atoms with Crippen molar-refractivity contribution in [2.24, 2.45) is 0 Å². The van der Waals surface area contributed by atoms with Gasteiger partial charge in [-0.1, -0.05) is 17.7 Å². The number of hydrogen-bond donors (Lipinski definition) is 1. The van der Waals surface area contributed by atoms with Gasteiger partial charge in [-0.15, -0.1) is 22.7 Å². The van der Waals surface area contributed by atoms with Gasteiger partial charge < -0.3 is 9.84 Å². The number of methoxy groups -OCH3 is 1. The van der Waals surface area contributed by atoms with E-state index in [4.69, 9.17) is 16.3 Å². The second-order valence-electron chi connectivity index (χ2n) is 4.09. The Kier molecular flexibility index (Phi) is 3.50. The molecule has 0 aliphatic rings. The highest BCUT2D eigenvalue weighted by molar-refractivity contribution is 7.26. The van der Waals surface area contributed by atoms with E-state index < -0.39 is 6.10 Å². The zero-order valence-corrected chi connectivity index (χ0v) is 12.5. The molecule has 98 valence electrons. The van der Waals surface area contributed by atoms with Crippen molar-refractivity contribution in [3.05, 3.63) is 51.2 Å². The summed E-state index contributed by atoms with van der Waals surface area (Å²) in [6.07, 6.45) is -0.692. The summed E-state index contributed by atoms with van der Waals surface area (Å²) < 4.78 is 7.50. The summed E-state index contributed by atoms with van der Waals surface area (Å²) in [4.78, 5) is 0.911. The first kappa shape index (κ1) is 12.9. The van der Waals surface area contributed by atoms with Gasteiger partial charge in [-0.25, -0.2) is 0 Å². The average Bonchev–Trinajstić information content (AvgIpc) is 2.98. The Hall–Kier alpha value is -1.07. The Morgan fingerprint density at radius 2 is 2.05 bits per heavy atom. The number of fused-ring (bicyclic) bond motifs is 1. The summed E-state index contributed by atoms with van der Waals surface area (Å²) in [7, 11) is 1.59. The average molecular weight is 311 g/mol. The van der Waals surface area contributed by atoms with E-state index in [0.29, 0.717) is 16.3 Å². The minimum absolute atomic E-state index is 0.517. The van der Waals surface area contributed by atoms with Crippen LogP contribution >= 0.6 is 34.3 Å². The third kappa shape index (κ3) is 2.37. The van der Waals surface area contributed by atoms with Crippen molar-refractivity contribution < 1.29 is 9.84 Å². The van der Waals surface area contributed by atoms with Crippen molar-refractivity contribution in [1.29, 1.82) is 0 Å². The molecule has 0 fully saturated rings. The van der Waals surface area contributed by atoms with E-state index in [-0.39, 0.29) is 0 Å². The Morgan fingerprint density at radius 3 is 2.74 bits per heavy atom. The SMILES string of the molecule is COc1ccc(C(O)c2cc3sccc3s2)c(Cl)c1. The minimum Gasteiger partial charge on any atom is -0.497 e. The monoisotopic (exact) mass is 310 g/mol. The number of benzene rings is 1. The summed E-state index contributed by atoms with van der Waals surface area (Å²) >= 11 is 9.47. The Bertz CT molecular complexity index is 689. The van der Waals surface area contributed by atoms with E-state index in [1.54, 1.807) is 48.0 Å². The Morgan fingerprint density at radius 1 is 1.21 bits per heavy atom. The highest BCUT2D eigenvalue weighted by atomic mass is 35.5. The fourth-order valence-electron chi connectivity index (χ4n) is 1.93. The van der Waals surface area contributed by atoms with E-state index in [2.05, 4.69) is 11.4 Å². The first-order valence-corrected chi connectivity index (χ1v) is 7.75. The molecule has 0 spiro atoms. The molecular formula is C14H11ClO2S2. The number of aliphatic hydroxyl groups excluding tert-OH is 1. The standard InChI is InChI=1S/C14H11ClO2S2/c1-17-8-2-3-9(10(15)6-8)14(16)13-7-12-11(19-13)4-5-18-12/h2-7,14,16H,1H3. The van der Waals surface area contributed by atoms with Crippen LogP contribution in [0.1, 0.15) is 16.5 Å². The van der Waals surface area contributed by atoms with Gasteiger partial charge in [0, 0.05) is 19.8 Å². The molecule has 2 nitrogen and oxygen atoms in total. The van der Waals surface area contributed by atoms with Gasteiger partial charge >= 0.3 is 0 Å². The number of aliphatic hydroxyl groups is 1. The third-order valence-corrected chi connectivity index (χ3v) is 5.40. The van der Waals surface area contributed by atoms with E-state index in [9.17, 15) is 5.11 Å². The van der Waals surface area contributed by atoms with Gasteiger partial charge in [0.25, 0.3) is 0 Å². The maximum atomic E-state index is 10.4. The fourth-order valence-corrected chi connectivity index (χ4v) is 4.33. The molecule has 3 rings (SSSR count). The molecule has 3 aromatic rings. The highest BCUT2D eigenvalue weighted by Gasteiger charge is 2.17. The summed E-state index contributed by atoms with van der Waals surface area (Å²) in [5, 5.41) is 13.0. The van der Waals surface area contributed by atoms with E-state index in [1.807, 2.05) is 6.07 Å². The quantitative estimate of drug-likeness (QED) is 0.759. The van der Waals surface area contributed by atoms with Crippen LogP contribution in [0.25, 0.3) is 9.40 Å². The van der Waals surface area contributed by atoms with Crippen LogP contribution in [0, 0.1) is 0 Å². The number of rotatable bonds is 3. The predicted octanol–water partition coefficient (Wildman–Crippen LogP) is 4.71. The van der Waals surface area contributed by atoms with Crippen LogP contribution in [-0.4, -0.2) is 12.2 Å². The van der Waals surface area contributed by atoms with E-state index in [1.165, 1.54) is 9.40 Å². The zero-order chi connectivity index (χ0) is 13.4. The Balaban J connectivity index is 1.99. The number of hydrogen-bond acceptors (Lipinski definition) is 4. The summed E-state index contributed by atoms with van der Waals surface area (Å²) in [6.45, 7) is 0. The number of thiophene rings is 2. The van der Waals surface area contributed by atoms with Gasteiger partial charge in [0.1, 0.15) is 11.9 Å². The number of halogens is 1. The number of ether oxygens (including phenoxy) is 1. The van der Waals surface area contributed by atoms with Crippen molar-refractivity contribution in [1.82, 2.24) is 0 Å². The maximum absolute atomic E-state index is 10.4. The summed E-state index contributed by atoms with van der Waals surface area (Å²) in [5.74, 6) is 0.688. The molecule has 0 bridgehead atoms. The first-order valence-electron chi connectivity index (χ1n) is 5.67. The lowest BCUT2D eigenvalue weighted by Crippen LogP contribution is -1.98. The van der Waals surface area contributed by atoms with Crippen LogP contribution in [0.15, 0.2) is 35.7 Å². The molecule has 1 aromatic carbocycles. The minimum atomic E-state index is -0.692. The van der Waals surface area contributed by atoms with Crippen LogP contribution in [0.2, 0.25) is 5.02 Å². The molecule has 0 aliphatic heterocycles. The van der Waals surface area contributed by atoms with E-state index in [0.717, 1.165) is 4.88 Å². The molecule has 2 aromatic heterocycles. The van der Waals surface area contributed by atoms with Crippen LogP contribution in [0.3, 0.4) is 0 Å². The molecule has 19 heavy (non-hydrogen) atoms. The van der Waals surface area contributed by atoms with Gasteiger partial charge in [-0.05, 0) is 29.6 Å². The second kappa shape index (κ2) is 5.13. The van der Waals surface area contributed by atoms with E-state index >= 15 is 0 Å². The third-order valence-electron chi connectivity index (χ3n) is 2.93. The van der Waals surface area contributed by atoms with Crippen molar-refractivity contribution in [2.45, 2.75) is 6.10 Å². The van der Waals surface area contributed by atoms with Gasteiger partial charge in [0.05, 0.1) is 12.1 Å². The molecule has 2 heterocycles. The molecular weight excluding hydrogens is 300 g/mol. The molecule has 0 radical (unpaired) electrons. The lowest BCUT2D eigenvalue weighted by Gasteiger charge is -2.12. The molecule has 5 heteroatoms. The van der Waals surface area contributed by atoms with Crippen molar-refractivity contribution in [3.8, 4) is 5.75 Å². The largest absolute Gasteiger partial charge is 0.497 e. The van der Waals surface area contributed by atoms with Gasteiger partial charge in [-0.3, -0.25) is 0 Å². The normalized spacial score (nSPS) is 12.8. The van der Waals surface area contributed by atoms with Crippen LogP contribution in [0.4, 0.5) is 0 Å². The van der Waals surface area contributed by atoms with Crippen molar-refractivity contribution >= 4 is 43.7 Å². The topological polar surface area (TPSA) is 29.5 Å². The molecule has 0 saturated carbocycles. The van der Waals surface area contributed by atoms with Crippen LogP contribution < -0.4 is 4.74 Å².